The average Bonchev–Trinajstić information content (AvgIpc) is 2.29. The fraction of sp³-hybridized carbons (Fsp3) is 0.714. The van der Waals surface area contributed by atoms with Gasteiger partial charge < -0.3 is 14.6 Å². The van der Waals surface area contributed by atoms with E-state index in [0.29, 0.717) is 12.8 Å². The van der Waals surface area contributed by atoms with Crippen molar-refractivity contribution in [3.63, 3.8) is 0 Å². The highest BCUT2D eigenvalue weighted by Gasteiger charge is 2.19. The molecule has 0 spiro atoms. The third-order valence-corrected chi connectivity index (χ3v) is 2.13. The summed E-state index contributed by atoms with van der Waals surface area (Å²) in [5, 5.41) is 8.58. The van der Waals surface area contributed by atoms with E-state index in [9.17, 15) is 9.59 Å². The molecule has 19 heavy (non-hydrogen) atoms. The van der Waals surface area contributed by atoms with Gasteiger partial charge >= 0.3 is 11.9 Å². The number of unbranched alkanes of at least 4 members (excludes halogenated alkanes) is 2. The number of rotatable bonds is 8. The second-order valence-electron chi connectivity index (χ2n) is 5.30. The number of carbonyl (C=O) groups excluding carboxylic acids is 2. The summed E-state index contributed by atoms with van der Waals surface area (Å²) in [5.74, 6) is -0.928. The van der Waals surface area contributed by atoms with Gasteiger partial charge in [-0.2, -0.15) is 0 Å². The van der Waals surface area contributed by atoms with E-state index in [4.69, 9.17) is 14.6 Å². The summed E-state index contributed by atoms with van der Waals surface area (Å²) in [7, 11) is 0. The lowest BCUT2D eigenvalue weighted by molar-refractivity contribution is -0.151. The number of carbonyl (C=O) groups is 2. The van der Waals surface area contributed by atoms with Gasteiger partial charge in [-0.15, -0.1) is 0 Å². The molecule has 0 aliphatic rings. The molecular weight excluding hydrogens is 248 g/mol. The van der Waals surface area contributed by atoms with Gasteiger partial charge in [0.15, 0.2) is 0 Å². The maximum atomic E-state index is 11.5. The van der Waals surface area contributed by atoms with E-state index < -0.39 is 11.6 Å². The van der Waals surface area contributed by atoms with Gasteiger partial charge in [0.05, 0.1) is 5.57 Å². The molecule has 5 heteroatoms. The zero-order valence-electron chi connectivity index (χ0n) is 12.0. The third-order valence-electron chi connectivity index (χ3n) is 2.13. The van der Waals surface area contributed by atoms with Crippen molar-refractivity contribution in [2.24, 2.45) is 0 Å². The topological polar surface area (TPSA) is 72.8 Å². The summed E-state index contributed by atoms with van der Waals surface area (Å²) in [6, 6.07) is 0. The molecule has 0 saturated heterocycles. The molecular formula is C14H24O5. The number of hydrogen-bond acceptors (Lipinski definition) is 5. The molecule has 5 nitrogen and oxygen atoms in total. The maximum Gasteiger partial charge on any atom is 0.337 e. The molecule has 0 aromatic heterocycles. The largest absolute Gasteiger partial charge is 0.461 e. The first kappa shape index (κ1) is 17.6. The minimum atomic E-state index is -0.589. The van der Waals surface area contributed by atoms with E-state index in [1.807, 2.05) is 0 Å². The summed E-state index contributed by atoms with van der Waals surface area (Å²) in [5.41, 5.74) is -0.465. The molecule has 0 bridgehead atoms. The van der Waals surface area contributed by atoms with Crippen molar-refractivity contribution < 1.29 is 24.2 Å². The van der Waals surface area contributed by atoms with Crippen LogP contribution in [0, 0.1) is 0 Å². The predicted molar refractivity (Wildman–Crippen MR) is 71.5 cm³/mol. The van der Waals surface area contributed by atoms with Gasteiger partial charge in [-0.05, 0) is 33.6 Å². The van der Waals surface area contributed by atoms with E-state index in [-0.39, 0.29) is 31.2 Å². The van der Waals surface area contributed by atoms with Gasteiger partial charge in [-0.3, -0.25) is 4.79 Å². The van der Waals surface area contributed by atoms with E-state index in [0.717, 1.165) is 6.42 Å². The van der Waals surface area contributed by atoms with Gasteiger partial charge in [-0.1, -0.05) is 13.0 Å². The Hall–Kier alpha value is -1.36. The lowest BCUT2D eigenvalue weighted by Gasteiger charge is -2.20. The van der Waals surface area contributed by atoms with Crippen LogP contribution in [0.4, 0.5) is 0 Å². The fourth-order valence-electron chi connectivity index (χ4n) is 1.21. The SMILES string of the molecule is C=C(COC(=O)CCCCCO)C(=O)OC(C)(C)C. The van der Waals surface area contributed by atoms with Crippen LogP contribution in [0.2, 0.25) is 0 Å². The number of ether oxygens (including phenoxy) is 2. The van der Waals surface area contributed by atoms with Crippen molar-refractivity contribution in [1.29, 1.82) is 0 Å². The number of aliphatic hydroxyl groups is 1. The molecule has 0 aromatic carbocycles. The lowest BCUT2D eigenvalue weighted by atomic mass is 10.2. The smallest absolute Gasteiger partial charge is 0.337 e. The van der Waals surface area contributed by atoms with Gasteiger partial charge in [0, 0.05) is 13.0 Å². The molecule has 0 heterocycles. The van der Waals surface area contributed by atoms with Crippen molar-refractivity contribution in [2.45, 2.75) is 52.1 Å². The zero-order valence-corrected chi connectivity index (χ0v) is 12.0. The van der Waals surface area contributed by atoms with Crippen molar-refractivity contribution in [1.82, 2.24) is 0 Å². The molecule has 0 aliphatic carbocycles. The Morgan fingerprint density at radius 1 is 1.16 bits per heavy atom. The van der Waals surface area contributed by atoms with Crippen LogP contribution in [0.5, 0.6) is 0 Å². The second-order valence-corrected chi connectivity index (χ2v) is 5.30. The lowest BCUT2D eigenvalue weighted by Crippen LogP contribution is -2.26. The van der Waals surface area contributed by atoms with E-state index >= 15 is 0 Å². The highest BCUT2D eigenvalue weighted by molar-refractivity contribution is 5.88. The first-order valence-electron chi connectivity index (χ1n) is 6.44. The maximum absolute atomic E-state index is 11.5. The third kappa shape index (κ3) is 10.3. The summed E-state index contributed by atoms with van der Waals surface area (Å²) in [4.78, 5) is 22.9. The minimum Gasteiger partial charge on any atom is -0.461 e. The van der Waals surface area contributed by atoms with E-state index in [2.05, 4.69) is 6.58 Å². The molecule has 0 radical (unpaired) electrons. The summed E-state index contributed by atoms with van der Waals surface area (Å²) in [6.07, 6.45) is 2.40. The Labute approximate surface area is 114 Å². The molecule has 0 aromatic rings. The highest BCUT2D eigenvalue weighted by atomic mass is 16.6. The molecule has 1 N–H and O–H groups in total. The van der Waals surface area contributed by atoms with Crippen LogP contribution < -0.4 is 0 Å². The molecule has 0 unspecified atom stereocenters. The van der Waals surface area contributed by atoms with Crippen molar-refractivity contribution in [3.8, 4) is 0 Å². The van der Waals surface area contributed by atoms with Crippen LogP contribution in [0.3, 0.4) is 0 Å². The molecule has 110 valence electrons. The molecule has 0 saturated carbocycles. The van der Waals surface area contributed by atoms with Gasteiger partial charge in [0.25, 0.3) is 0 Å². The molecule has 0 aliphatic heterocycles. The van der Waals surface area contributed by atoms with Crippen LogP contribution in [-0.4, -0.2) is 35.9 Å². The number of aliphatic hydroxyl groups excluding tert-OH is 1. The Morgan fingerprint density at radius 3 is 2.32 bits per heavy atom. The van der Waals surface area contributed by atoms with Crippen LogP contribution in [-0.2, 0) is 19.1 Å². The monoisotopic (exact) mass is 272 g/mol. The second kappa shape index (κ2) is 8.69. The Kier molecular flexibility index (Phi) is 8.07. The number of hydrogen-bond donors (Lipinski definition) is 1. The summed E-state index contributed by atoms with van der Waals surface area (Å²) < 4.78 is 10.0. The van der Waals surface area contributed by atoms with Gasteiger partial charge in [-0.25, -0.2) is 4.79 Å². The van der Waals surface area contributed by atoms with E-state index in [1.165, 1.54) is 0 Å². The average molecular weight is 272 g/mol. The number of esters is 2. The Bertz CT molecular complexity index is 314. The van der Waals surface area contributed by atoms with Gasteiger partial charge in [0.2, 0.25) is 0 Å². The summed E-state index contributed by atoms with van der Waals surface area (Å²) >= 11 is 0. The van der Waals surface area contributed by atoms with Gasteiger partial charge in [0.1, 0.15) is 12.2 Å². The standard InChI is InChI=1S/C14H24O5/c1-11(13(17)19-14(2,3)4)10-18-12(16)8-6-5-7-9-15/h15H,1,5-10H2,2-4H3. The Balaban J connectivity index is 3.83. The van der Waals surface area contributed by atoms with Crippen LogP contribution >= 0.6 is 0 Å². The molecule has 0 atom stereocenters. The molecule has 0 rings (SSSR count). The zero-order chi connectivity index (χ0) is 14.9. The normalized spacial score (nSPS) is 10.9. The minimum absolute atomic E-state index is 0.124. The van der Waals surface area contributed by atoms with Crippen molar-refractivity contribution in [3.05, 3.63) is 12.2 Å². The van der Waals surface area contributed by atoms with Crippen LogP contribution in [0.25, 0.3) is 0 Å². The first-order valence-corrected chi connectivity index (χ1v) is 6.44. The summed E-state index contributed by atoms with van der Waals surface area (Å²) in [6.45, 7) is 8.79. The quantitative estimate of drug-likeness (QED) is 0.415. The molecule has 0 amide bonds. The van der Waals surface area contributed by atoms with Crippen LogP contribution in [0.15, 0.2) is 12.2 Å². The van der Waals surface area contributed by atoms with Crippen molar-refractivity contribution >= 4 is 11.9 Å². The first-order chi connectivity index (χ1) is 8.76. The van der Waals surface area contributed by atoms with Crippen molar-refractivity contribution in [2.75, 3.05) is 13.2 Å². The Morgan fingerprint density at radius 2 is 1.79 bits per heavy atom. The fourth-order valence-corrected chi connectivity index (χ4v) is 1.21. The van der Waals surface area contributed by atoms with E-state index in [1.54, 1.807) is 20.8 Å². The highest BCUT2D eigenvalue weighted by Crippen LogP contribution is 2.10. The van der Waals surface area contributed by atoms with Crippen LogP contribution in [0.1, 0.15) is 46.5 Å². The molecule has 0 fully saturated rings. The predicted octanol–water partition coefficient (Wildman–Crippen LogP) is 1.98.